The maximum atomic E-state index is 12.5. The van der Waals surface area contributed by atoms with E-state index in [4.69, 9.17) is 16.3 Å². The average Bonchev–Trinajstić information content (AvgIpc) is 2.28. The topological polar surface area (TPSA) is 86.5 Å². The van der Waals surface area contributed by atoms with Crippen LogP contribution in [0.3, 0.4) is 0 Å². The molecule has 0 spiro atoms. The summed E-state index contributed by atoms with van der Waals surface area (Å²) in [6.45, 7) is -0.0392. The molecule has 0 aromatic carbocycles. The second-order valence-electron chi connectivity index (χ2n) is 2.98. The zero-order valence-corrected chi connectivity index (χ0v) is 8.24. The fraction of sp³-hybridized carbons (Fsp3) is 0.300. The van der Waals surface area contributed by atoms with Crippen LogP contribution >= 0.6 is 0 Å². The van der Waals surface area contributed by atoms with Crippen LogP contribution in [0.5, 0.6) is 0 Å². The molecule has 0 amide bonds. The van der Waals surface area contributed by atoms with E-state index in [-0.39, 0.29) is 24.2 Å². The van der Waals surface area contributed by atoms with E-state index in [9.17, 15) is 8.78 Å². The Morgan fingerprint density at radius 1 is 1.44 bits per heavy atom. The minimum Gasteiger partial charge on any atom is -0.325 e. The number of pyridine rings is 1. The van der Waals surface area contributed by atoms with E-state index in [1.54, 1.807) is 6.07 Å². The molecular weight excluding hydrogens is 214 g/mol. The third kappa shape index (κ3) is 2.30. The lowest BCUT2D eigenvalue weighted by Gasteiger charge is -2.08. The summed E-state index contributed by atoms with van der Waals surface area (Å²) < 4.78 is 25.1. The minimum absolute atomic E-state index is 0.00225. The third-order valence-corrected chi connectivity index (χ3v) is 2.01. The number of aromatic nitrogens is 1. The van der Waals surface area contributed by atoms with Gasteiger partial charge in [0.15, 0.2) is 0 Å². The van der Waals surface area contributed by atoms with Crippen LogP contribution in [-0.2, 0) is 13.0 Å². The monoisotopic (exact) mass is 222 g/mol. The number of nitrogens with zero attached hydrogens (tertiary/aromatic N) is 3. The highest BCUT2D eigenvalue weighted by molar-refractivity contribution is 5.40. The zero-order chi connectivity index (χ0) is 12.1. The summed E-state index contributed by atoms with van der Waals surface area (Å²) in [5.41, 5.74) is 5.21. The van der Waals surface area contributed by atoms with E-state index in [1.807, 2.05) is 6.07 Å². The van der Waals surface area contributed by atoms with E-state index < -0.39 is 12.1 Å². The molecule has 82 valence electrons. The van der Waals surface area contributed by atoms with Gasteiger partial charge in [-0.2, -0.15) is 10.5 Å². The van der Waals surface area contributed by atoms with E-state index in [1.165, 1.54) is 6.07 Å². The summed E-state index contributed by atoms with van der Waals surface area (Å²) in [6.07, 6.45) is -2.83. The average molecular weight is 222 g/mol. The first kappa shape index (κ1) is 12.0. The van der Waals surface area contributed by atoms with Crippen LogP contribution in [0.2, 0.25) is 0 Å². The van der Waals surface area contributed by atoms with Crippen molar-refractivity contribution in [2.45, 2.75) is 19.4 Å². The Hall–Kier alpha value is -2.05. The van der Waals surface area contributed by atoms with Crippen LogP contribution < -0.4 is 5.73 Å². The van der Waals surface area contributed by atoms with E-state index in [0.717, 1.165) is 0 Å². The van der Waals surface area contributed by atoms with Crippen molar-refractivity contribution < 1.29 is 8.78 Å². The molecule has 0 atom stereocenters. The molecular formula is C10H8F2N4. The van der Waals surface area contributed by atoms with Gasteiger partial charge in [0.1, 0.15) is 11.8 Å². The number of alkyl halides is 2. The Kier molecular flexibility index (Phi) is 3.87. The van der Waals surface area contributed by atoms with Crippen LogP contribution in [-0.4, -0.2) is 4.98 Å². The number of nitriles is 2. The summed E-state index contributed by atoms with van der Waals surface area (Å²) in [6, 6.07) is 4.75. The number of halogens is 2. The second-order valence-corrected chi connectivity index (χ2v) is 2.98. The van der Waals surface area contributed by atoms with Crippen molar-refractivity contribution >= 4 is 0 Å². The highest BCUT2D eigenvalue weighted by Gasteiger charge is 2.18. The van der Waals surface area contributed by atoms with Gasteiger partial charge in [-0.05, 0) is 11.6 Å². The van der Waals surface area contributed by atoms with Gasteiger partial charge < -0.3 is 5.73 Å². The first-order valence-electron chi connectivity index (χ1n) is 4.42. The Morgan fingerprint density at radius 3 is 2.56 bits per heavy atom. The van der Waals surface area contributed by atoms with Crippen LogP contribution in [0.1, 0.15) is 28.9 Å². The highest BCUT2D eigenvalue weighted by atomic mass is 19.3. The van der Waals surface area contributed by atoms with Gasteiger partial charge in [0.25, 0.3) is 6.43 Å². The first-order chi connectivity index (χ1) is 7.63. The standard InChI is InChI=1S/C10H8F2N4/c11-10(12)9-7(4-14)3-6(1-2-13)8(5-15)16-9/h3,10H,1,5,15H2. The van der Waals surface area contributed by atoms with E-state index in [2.05, 4.69) is 4.98 Å². The molecule has 1 aromatic rings. The van der Waals surface area contributed by atoms with Gasteiger partial charge in [0, 0.05) is 6.54 Å². The highest BCUT2D eigenvalue weighted by Crippen LogP contribution is 2.23. The van der Waals surface area contributed by atoms with E-state index >= 15 is 0 Å². The molecule has 0 saturated carbocycles. The summed E-state index contributed by atoms with van der Waals surface area (Å²) in [5, 5.41) is 17.2. The fourth-order valence-corrected chi connectivity index (χ4v) is 1.28. The zero-order valence-electron chi connectivity index (χ0n) is 8.24. The largest absolute Gasteiger partial charge is 0.325 e. The van der Waals surface area contributed by atoms with Crippen LogP contribution in [0.15, 0.2) is 6.07 Å². The molecule has 0 aliphatic rings. The molecule has 0 fully saturated rings. The van der Waals surface area contributed by atoms with Gasteiger partial charge in [-0.25, -0.2) is 13.8 Å². The van der Waals surface area contributed by atoms with Crippen molar-refractivity contribution in [3.8, 4) is 12.1 Å². The number of nitrogens with two attached hydrogens (primary N) is 1. The molecule has 0 aliphatic heterocycles. The lowest BCUT2D eigenvalue weighted by Crippen LogP contribution is -2.09. The molecule has 0 aliphatic carbocycles. The number of rotatable bonds is 3. The quantitative estimate of drug-likeness (QED) is 0.837. The lowest BCUT2D eigenvalue weighted by molar-refractivity contribution is 0.145. The summed E-state index contributed by atoms with van der Waals surface area (Å²) >= 11 is 0. The van der Waals surface area contributed by atoms with Crippen molar-refractivity contribution in [2.24, 2.45) is 5.73 Å². The third-order valence-electron chi connectivity index (χ3n) is 2.01. The molecule has 2 N–H and O–H groups in total. The number of hydrogen-bond donors (Lipinski definition) is 1. The van der Waals surface area contributed by atoms with Crippen LogP contribution in [0.25, 0.3) is 0 Å². The van der Waals surface area contributed by atoms with Crippen molar-refractivity contribution in [1.29, 1.82) is 10.5 Å². The number of hydrogen-bond acceptors (Lipinski definition) is 4. The molecule has 0 radical (unpaired) electrons. The molecule has 0 saturated heterocycles. The molecule has 16 heavy (non-hydrogen) atoms. The molecule has 6 heteroatoms. The summed E-state index contributed by atoms with van der Waals surface area (Å²) in [4.78, 5) is 3.63. The van der Waals surface area contributed by atoms with Gasteiger partial charge in [-0.3, -0.25) is 0 Å². The van der Waals surface area contributed by atoms with Gasteiger partial charge in [-0.1, -0.05) is 0 Å². The van der Waals surface area contributed by atoms with Gasteiger partial charge in [0.05, 0.1) is 23.7 Å². The second kappa shape index (κ2) is 5.15. The lowest BCUT2D eigenvalue weighted by atomic mass is 10.1. The van der Waals surface area contributed by atoms with Crippen LogP contribution in [0.4, 0.5) is 8.78 Å². The van der Waals surface area contributed by atoms with Crippen molar-refractivity contribution in [2.75, 3.05) is 0 Å². The van der Waals surface area contributed by atoms with E-state index in [0.29, 0.717) is 5.56 Å². The molecule has 1 rings (SSSR count). The fourth-order valence-electron chi connectivity index (χ4n) is 1.28. The molecule has 0 unspecified atom stereocenters. The van der Waals surface area contributed by atoms with Crippen molar-refractivity contribution in [3.05, 3.63) is 28.6 Å². The molecule has 4 nitrogen and oxygen atoms in total. The molecule has 1 heterocycles. The summed E-state index contributed by atoms with van der Waals surface area (Å²) in [5.74, 6) is 0. The van der Waals surface area contributed by atoms with Gasteiger partial charge in [-0.15, -0.1) is 0 Å². The molecule has 1 aromatic heterocycles. The Morgan fingerprint density at radius 2 is 2.12 bits per heavy atom. The normalized spacial score (nSPS) is 9.88. The Bertz CT molecular complexity index is 471. The summed E-state index contributed by atoms with van der Waals surface area (Å²) in [7, 11) is 0. The first-order valence-corrected chi connectivity index (χ1v) is 4.42. The SMILES string of the molecule is N#CCc1cc(C#N)c(C(F)F)nc1CN. The maximum absolute atomic E-state index is 12.5. The smallest absolute Gasteiger partial charge is 0.281 e. The predicted octanol–water partition coefficient (Wildman–Crippen LogP) is 1.42. The maximum Gasteiger partial charge on any atom is 0.281 e. The Balaban J connectivity index is 3.36. The van der Waals surface area contributed by atoms with Crippen molar-refractivity contribution in [1.82, 2.24) is 4.98 Å². The van der Waals surface area contributed by atoms with Crippen LogP contribution in [0, 0.1) is 22.7 Å². The van der Waals surface area contributed by atoms with Gasteiger partial charge in [0.2, 0.25) is 0 Å². The van der Waals surface area contributed by atoms with Gasteiger partial charge >= 0.3 is 0 Å². The minimum atomic E-state index is -2.82. The molecule has 0 bridgehead atoms. The predicted molar refractivity (Wildman–Crippen MR) is 51.1 cm³/mol. The Labute approximate surface area is 90.9 Å². The van der Waals surface area contributed by atoms with Crippen molar-refractivity contribution in [3.63, 3.8) is 0 Å².